The molecule has 1 aromatic carbocycles. The molecule has 1 aromatic heterocycles. The Morgan fingerprint density at radius 2 is 2.13 bits per heavy atom. The fourth-order valence-corrected chi connectivity index (χ4v) is 1.87. The lowest BCUT2D eigenvalue weighted by atomic mass is 10.0. The number of esters is 1. The van der Waals surface area contributed by atoms with E-state index in [9.17, 15) is 18.0 Å². The minimum Gasteiger partial charge on any atom is -0.469 e. The number of carbonyl (C=O) groups excluding carboxylic acids is 1. The Labute approximate surface area is 129 Å². The van der Waals surface area contributed by atoms with Gasteiger partial charge in [-0.1, -0.05) is 0 Å². The Morgan fingerprint density at radius 3 is 2.74 bits per heavy atom. The number of carbonyl (C=O) groups is 1. The molecule has 0 bridgehead atoms. The molecule has 0 aliphatic rings. The number of aromatic nitrogens is 1. The van der Waals surface area contributed by atoms with Crippen LogP contribution < -0.4 is 0 Å². The first-order valence-electron chi connectivity index (χ1n) is 6.47. The second kappa shape index (κ2) is 6.52. The predicted octanol–water partition coefficient (Wildman–Crippen LogP) is 3.34. The van der Waals surface area contributed by atoms with E-state index in [1.807, 2.05) is 0 Å². The van der Waals surface area contributed by atoms with Crippen molar-refractivity contribution in [3.8, 4) is 17.3 Å². The van der Waals surface area contributed by atoms with Crippen LogP contribution in [0.15, 0.2) is 28.9 Å². The molecule has 0 saturated heterocycles. The van der Waals surface area contributed by atoms with E-state index in [1.54, 1.807) is 6.07 Å². The van der Waals surface area contributed by atoms with Crippen LogP contribution >= 0.6 is 0 Å². The zero-order valence-electron chi connectivity index (χ0n) is 12.0. The monoisotopic (exact) mass is 324 g/mol. The van der Waals surface area contributed by atoms with Gasteiger partial charge in [-0.05, 0) is 18.2 Å². The number of hydrogen-bond acceptors (Lipinski definition) is 5. The Hall–Kier alpha value is -2.82. The fourth-order valence-electron chi connectivity index (χ4n) is 1.87. The summed E-state index contributed by atoms with van der Waals surface area (Å²) in [6, 6.07) is 4.63. The normalized spacial score (nSPS) is 11.1. The van der Waals surface area contributed by atoms with Gasteiger partial charge in [0.1, 0.15) is 12.0 Å². The maximum atomic E-state index is 12.8. The molecule has 0 N–H and O–H groups in total. The van der Waals surface area contributed by atoms with Gasteiger partial charge < -0.3 is 9.15 Å². The molecule has 0 amide bonds. The Bertz CT molecular complexity index is 760. The first-order valence-corrected chi connectivity index (χ1v) is 6.47. The predicted molar refractivity (Wildman–Crippen MR) is 72.0 cm³/mol. The largest absolute Gasteiger partial charge is 0.469 e. The van der Waals surface area contributed by atoms with Crippen LogP contribution in [0.2, 0.25) is 0 Å². The average Bonchev–Trinajstić information content (AvgIpc) is 3.00. The molecule has 0 atom stereocenters. The topological polar surface area (TPSA) is 76.1 Å². The maximum absolute atomic E-state index is 12.8. The van der Waals surface area contributed by atoms with Crippen LogP contribution in [0, 0.1) is 11.3 Å². The van der Waals surface area contributed by atoms with Crippen LogP contribution in [-0.2, 0) is 22.1 Å². The fraction of sp³-hybridized carbons (Fsp3) is 0.267. The average molecular weight is 324 g/mol. The lowest BCUT2D eigenvalue weighted by molar-refractivity contribution is -0.140. The van der Waals surface area contributed by atoms with Crippen molar-refractivity contribution in [3.63, 3.8) is 0 Å². The number of oxazole rings is 1. The van der Waals surface area contributed by atoms with E-state index in [0.717, 1.165) is 12.1 Å². The molecule has 2 rings (SSSR count). The Balaban J connectivity index is 2.30. The summed E-state index contributed by atoms with van der Waals surface area (Å²) < 4.78 is 48.2. The zero-order valence-corrected chi connectivity index (χ0v) is 12.0. The van der Waals surface area contributed by atoms with Gasteiger partial charge in [-0.25, -0.2) is 4.98 Å². The van der Waals surface area contributed by atoms with Crippen LogP contribution in [0.25, 0.3) is 11.3 Å². The third-order valence-corrected chi connectivity index (χ3v) is 3.01. The van der Waals surface area contributed by atoms with Crippen molar-refractivity contribution in [2.75, 3.05) is 7.11 Å². The van der Waals surface area contributed by atoms with Gasteiger partial charge in [0.05, 0.1) is 30.7 Å². The molecule has 0 unspecified atom stereocenters. The third-order valence-electron chi connectivity index (χ3n) is 3.01. The molecule has 23 heavy (non-hydrogen) atoms. The molecule has 0 saturated carbocycles. The highest BCUT2D eigenvalue weighted by atomic mass is 19.4. The van der Waals surface area contributed by atoms with E-state index in [2.05, 4.69) is 9.72 Å². The number of alkyl halides is 3. The first-order chi connectivity index (χ1) is 10.8. The minimum absolute atomic E-state index is 0.0441. The molecule has 0 fully saturated rings. The molecular weight excluding hydrogens is 313 g/mol. The van der Waals surface area contributed by atoms with Gasteiger partial charge in [0.2, 0.25) is 0 Å². The maximum Gasteiger partial charge on any atom is 0.416 e. The number of benzene rings is 1. The van der Waals surface area contributed by atoms with Gasteiger partial charge in [0.15, 0.2) is 5.89 Å². The van der Waals surface area contributed by atoms with E-state index in [4.69, 9.17) is 9.68 Å². The number of halogens is 3. The summed E-state index contributed by atoms with van der Waals surface area (Å²) in [5, 5.41) is 8.86. The van der Waals surface area contributed by atoms with Gasteiger partial charge >= 0.3 is 12.1 Å². The smallest absolute Gasteiger partial charge is 0.416 e. The van der Waals surface area contributed by atoms with Gasteiger partial charge in [-0.15, -0.1) is 0 Å². The van der Waals surface area contributed by atoms with Crippen LogP contribution in [0.1, 0.15) is 23.4 Å². The highest BCUT2D eigenvalue weighted by molar-refractivity contribution is 5.69. The molecular formula is C15H11F3N2O3. The van der Waals surface area contributed by atoms with Crippen molar-refractivity contribution in [2.24, 2.45) is 0 Å². The molecule has 0 aliphatic heterocycles. The number of hydrogen-bond donors (Lipinski definition) is 0. The third kappa shape index (κ3) is 4.10. The number of nitriles is 1. The van der Waals surface area contributed by atoms with E-state index >= 15 is 0 Å². The van der Waals surface area contributed by atoms with Crippen molar-refractivity contribution < 1.29 is 27.1 Å². The minimum atomic E-state index is -4.57. The molecule has 8 heteroatoms. The van der Waals surface area contributed by atoms with E-state index in [-0.39, 0.29) is 35.6 Å². The lowest BCUT2D eigenvalue weighted by Crippen LogP contribution is -2.05. The standard InChI is InChI=1S/C15H11F3N2O3/c1-22-14(21)3-2-13-20-12(8-23-13)10-4-9(7-19)5-11(6-10)15(16,17)18/h4-6,8H,2-3H2,1H3. The van der Waals surface area contributed by atoms with Crippen molar-refractivity contribution >= 4 is 5.97 Å². The SMILES string of the molecule is COC(=O)CCc1nc(-c2cc(C#N)cc(C(F)(F)F)c2)co1. The van der Waals surface area contributed by atoms with Gasteiger partial charge in [0, 0.05) is 12.0 Å². The number of nitrogens with zero attached hydrogens (tertiary/aromatic N) is 2. The van der Waals surface area contributed by atoms with E-state index in [1.165, 1.54) is 19.4 Å². The van der Waals surface area contributed by atoms with Crippen molar-refractivity contribution in [1.82, 2.24) is 4.98 Å². The van der Waals surface area contributed by atoms with Crippen molar-refractivity contribution in [1.29, 1.82) is 5.26 Å². The summed E-state index contributed by atoms with van der Waals surface area (Å²) in [7, 11) is 1.25. The van der Waals surface area contributed by atoms with Gasteiger partial charge in [-0.2, -0.15) is 18.4 Å². The highest BCUT2D eigenvalue weighted by Gasteiger charge is 2.31. The Kier molecular flexibility index (Phi) is 4.69. The second-order valence-corrected chi connectivity index (χ2v) is 4.61. The summed E-state index contributed by atoms with van der Waals surface area (Å²) >= 11 is 0. The summed E-state index contributed by atoms with van der Waals surface area (Å²) in [5.41, 5.74) is -0.795. The highest BCUT2D eigenvalue weighted by Crippen LogP contribution is 2.33. The molecule has 0 spiro atoms. The van der Waals surface area contributed by atoms with Crippen molar-refractivity contribution in [2.45, 2.75) is 19.0 Å². The van der Waals surface area contributed by atoms with Crippen molar-refractivity contribution in [3.05, 3.63) is 41.5 Å². The summed E-state index contributed by atoms with van der Waals surface area (Å²) in [6.45, 7) is 0. The second-order valence-electron chi connectivity index (χ2n) is 4.61. The van der Waals surface area contributed by atoms with Crippen LogP contribution in [0.5, 0.6) is 0 Å². The summed E-state index contributed by atoms with van der Waals surface area (Å²) in [5.74, 6) is -0.253. The molecule has 5 nitrogen and oxygen atoms in total. The van der Waals surface area contributed by atoms with Crippen LogP contribution in [0.3, 0.4) is 0 Å². The zero-order chi connectivity index (χ0) is 17.0. The lowest BCUT2D eigenvalue weighted by Gasteiger charge is -2.08. The number of methoxy groups -OCH3 is 1. The van der Waals surface area contributed by atoms with Crippen LogP contribution in [-0.4, -0.2) is 18.1 Å². The number of ether oxygens (including phenoxy) is 1. The van der Waals surface area contributed by atoms with Gasteiger partial charge in [0.25, 0.3) is 0 Å². The quantitative estimate of drug-likeness (QED) is 0.806. The van der Waals surface area contributed by atoms with Gasteiger partial charge in [-0.3, -0.25) is 4.79 Å². The first kappa shape index (κ1) is 16.5. The Morgan fingerprint density at radius 1 is 1.39 bits per heavy atom. The molecule has 120 valence electrons. The molecule has 2 aromatic rings. The molecule has 1 heterocycles. The summed E-state index contributed by atoms with van der Waals surface area (Å²) in [6.07, 6.45) is -3.18. The number of aryl methyl sites for hydroxylation is 1. The summed E-state index contributed by atoms with van der Waals surface area (Å²) in [4.78, 5) is 15.1. The molecule has 0 aliphatic carbocycles. The number of rotatable bonds is 4. The van der Waals surface area contributed by atoms with E-state index in [0.29, 0.717) is 0 Å². The van der Waals surface area contributed by atoms with E-state index < -0.39 is 17.7 Å². The molecule has 0 radical (unpaired) electrons. The van der Waals surface area contributed by atoms with Crippen LogP contribution in [0.4, 0.5) is 13.2 Å².